The molecule has 0 saturated carbocycles. The molecule has 0 saturated heterocycles. The number of carbonyl (C=O) groups is 2. The Balaban J connectivity index is 3.27. The highest BCUT2D eigenvalue weighted by atomic mass is 16.5. The summed E-state index contributed by atoms with van der Waals surface area (Å²) in [5, 5.41) is 0. The predicted molar refractivity (Wildman–Crippen MR) is 135 cm³/mol. The first-order chi connectivity index (χ1) is 15.3. The SMILES string of the molecule is CC(C)COC(=O)CCCCCCCCCCCCCCCCC(C)C(=O)OCC(C)C. The van der Waals surface area contributed by atoms with Gasteiger partial charge in [-0.25, -0.2) is 0 Å². The molecular weight excluding hydrogens is 400 g/mol. The third kappa shape index (κ3) is 22.1. The molecule has 0 aromatic rings. The zero-order valence-electron chi connectivity index (χ0n) is 22.1. The molecule has 190 valence electrons. The zero-order chi connectivity index (χ0) is 24.0. The van der Waals surface area contributed by atoms with Gasteiger partial charge in [-0.3, -0.25) is 9.59 Å². The minimum Gasteiger partial charge on any atom is -0.465 e. The highest BCUT2D eigenvalue weighted by Gasteiger charge is 2.14. The van der Waals surface area contributed by atoms with Crippen LogP contribution in [0, 0.1) is 17.8 Å². The summed E-state index contributed by atoms with van der Waals surface area (Å²) in [5.41, 5.74) is 0. The molecule has 0 aliphatic rings. The second-order valence-corrected chi connectivity index (χ2v) is 10.5. The second-order valence-electron chi connectivity index (χ2n) is 10.5. The van der Waals surface area contributed by atoms with Gasteiger partial charge in [0.1, 0.15) is 0 Å². The van der Waals surface area contributed by atoms with E-state index in [9.17, 15) is 9.59 Å². The number of carbonyl (C=O) groups excluding carboxylic acids is 2. The fourth-order valence-corrected chi connectivity index (χ4v) is 3.68. The second kappa shape index (κ2) is 21.8. The largest absolute Gasteiger partial charge is 0.465 e. The topological polar surface area (TPSA) is 52.6 Å². The summed E-state index contributed by atoms with van der Waals surface area (Å²) in [6.45, 7) is 11.3. The van der Waals surface area contributed by atoms with E-state index >= 15 is 0 Å². The number of unbranched alkanes of at least 4 members (excludes halogenated alkanes) is 13. The Hall–Kier alpha value is -1.06. The highest BCUT2D eigenvalue weighted by Crippen LogP contribution is 2.16. The average molecular weight is 455 g/mol. The molecule has 0 aliphatic heterocycles. The van der Waals surface area contributed by atoms with E-state index in [0.29, 0.717) is 31.5 Å². The molecule has 0 aliphatic carbocycles. The molecule has 1 atom stereocenters. The van der Waals surface area contributed by atoms with Gasteiger partial charge in [0.15, 0.2) is 0 Å². The van der Waals surface area contributed by atoms with E-state index in [0.717, 1.165) is 25.7 Å². The summed E-state index contributed by atoms with van der Waals surface area (Å²) < 4.78 is 10.5. The molecule has 0 aromatic heterocycles. The summed E-state index contributed by atoms with van der Waals surface area (Å²) in [5.74, 6) is 0.816. The van der Waals surface area contributed by atoms with E-state index in [1.165, 1.54) is 70.6 Å². The summed E-state index contributed by atoms with van der Waals surface area (Å²) in [4.78, 5) is 23.4. The third-order valence-electron chi connectivity index (χ3n) is 5.81. The van der Waals surface area contributed by atoms with E-state index in [1.807, 2.05) is 6.92 Å². The minimum atomic E-state index is -0.0324. The smallest absolute Gasteiger partial charge is 0.308 e. The molecule has 0 spiro atoms. The Morgan fingerprint density at radius 3 is 1.34 bits per heavy atom. The Bertz CT molecular complexity index is 445. The van der Waals surface area contributed by atoms with Crippen LogP contribution in [0.3, 0.4) is 0 Å². The van der Waals surface area contributed by atoms with Crippen LogP contribution >= 0.6 is 0 Å². The van der Waals surface area contributed by atoms with E-state index < -0.39 is 0 Å². The maximum atomic E-state index is 11.9. The Morgan fingerprint density at radius 1 is 0.531 bits per heavy atom. The number of rotatable bonds is 22. The standard InChI is InChI=1S/C28H54O4/c1-24(2)22-31-27(29)21-19-17-15-13-11-9-7-6-8-10-12-14-16-18-20-26(5)28(30)32-23-25(3)4/h24-26H,6-23H2,1-5H3. The Morgan fingerprint density at radius 2 is 0.906 bits per heavy atom. The zero-order valence-corrected chi connectivity index (χ0v) is 22.1. The van der Waals surface area contributed by atoms with Gasteiger partial charge in [-0.1, -0.05) is 118 Å². The Labute approximate surface area is 199 Å². The molecule has 32 heavy (non-hydrogen) atoms. The van der Waals surface area contributed by atoms with Crippen molar-refractivity contribution in [2.45, 2.75) is 137 Å². The molecule has 0 N–H and O–H groups in total. The van der Waals surface area contributed by atoms with Crippen LogP contribution in [0.4, 0.5) is 0 Å². The van der Waals surface area contributed by atoms with Gasteiger partial charge in [-0.2, -0.15) is 0 Å². The van der Waals surface area contributed by atoms with Crippen molar-refractivity contribution >= 4 is 11.9 Å². The normalized spacial score (nSPS) is 12.3. The van der Waals surface area contributed by atoms with Gasteiger partial charge in [-0.05, 0) is 24.7 Å². The predicted octanol–water partition coefficient (Wildman–Crippen LogP) is 8.26. The maximum Gasteiger partial charge on any atom is 0.308 e. The lowest BCUT2D eigenvalue weighted by Crippen LogP contribution is -2.17. The van der Waals surface area contributed by atoms with Gasteiger partial charge in [0.25, 0.3) is 0 Å². The summed E-state index contributed by atoms with van der Waals surface area (Å²) in [6, 6.07) is 0. The van der Waals surface area contributed by atoms with Crippen molar-refractivity contribution in [3.63, 3.8) is 0 Å². The first-order valence-corrected chi connectivity index (χ1v) is 13.6. The minimum absolute atomic E-state index is 0.0273. The van der Waals surface area contributed by atoms with Crippen molar-refractivity contribution in [3.8, 4) is 0 Å². The molecule has 4 heteroatoms. The molecular formula is C28H54O4. The van der Waals surface area contributed by atoms with Gasteiger partial charge >= 0.3 is 11.9 Å². The van der Waals surface area contributed by atoms with Crippen LogP contribution in [0.2, 0.25) is 0 Å². The van der Waals surface area contributed by atoms with E-state index in [1.54, 1.807) is 0 Å². The van der Waals surface area contributed by atoms with Crippen molar-refractivity contribution in [2.24, 2.45) is 17.8 Å². The Kier molecular flexibility index (Phi) is 21.0. The molecule has 0 radical (unpaired) electrons. The lowest BCUT2D eigenvalue weighted by Gasteiger charge is -2.12. The van der Waals surface area contributed by atoms with Crippen LogP contribution in [-0.4, -0.2) is 25.2 Å². The molecule has 0 amide bonds. The van der Waals surface area contributed by atoms with Crippen molar-refractivity contribution < 1.29 is 19.1 Å². The molecule has 0 heterocycles. The van der Waals surface area contributed by atoms with E-state index in [2.05, 4.69) is 27.7 Å². The molecule has 1 unspecified atom stereocenters. The summed E-state index contributed by atoms with van der Waals surface area (Å²) >= 11 is 0. The van der Waals surface area contributed by atoms with Gasteiger partial charge in [-0.15, -0.1) is 0 Å². The highest BCUT2D eigenvalue weighted by molar-refractivity contribution is 5.71. The van der Waals surface area contributed by atoms with Crippen LogP contribution < -0.4 is 0 Å². The lowest BCUT2D eigenvalue weighted by molar-refractivity contribution is -0.149. The van der Waals surface area contributed by atoms with Crippen LogP contribution in [0.25, 0.3) is 0 Å². The number of hydrogen-bond donors (Lipinski definition) is 0. The van der Waals surface area contributed by atoms with E-state index in [4.69, 9.17) is 9.47 Å². The van der Waals surface area contributed by atoms with Crippen molar-refractivity contribution in [3.05, 3.63) is 0 Å². The average Bonchev–Trinajstić information content (AvgIpc) is 2.75. The summed E-state index contributed by atoms with van der Waals surface area (Å²) in [6.07, 6.45) is 19.3. The van der Waals surface area contributed by atoms with Gasteiger partial charge in [0.05, 0.1) is 19.1 Å². The van der Waals surface area contributed by atoms with Crippen LogP contribution in [0.5, 0.6) is 0 Å². The first kappa shape index (κ1) is 30.9. The molecule has 0 fully saturated rings. The van der Waals surface area contributed by atoms with E-state index in [-0.39, 0.29) is 17.9 Å². The molecule has 4 nitrogen and oxygen atoms in total. The monoisotopic (exact) mass is 454 g/mol. The fourth-order valence-electron chi connectivity index (χ4n) is 3.68. The van der Waals surface area contributed by atoms with Crippen molar-refractivity contribution in [2.75, 3.05) is 13.2 Å². The number of ether oxygens (including phenoxy) is 2. The number of esters is 2. The number of hydrogen-bond acceptors (Lipinski definition) is 4. The van der Waals surface area contributed by atoms with Gasteiger partial charge in [0, 0.05) is 6.42 Å². The van der Waals surface area contributed by atoms with Crippen LogP contribution in [-0.2, 0) is 19.1 Å². The van der Waals surface area contributed by atoms with Crippen LogP contribution in [0.1, 0.15) is 137 Å². The summed E-state index contributed by atoms with van der Waals surface area (Å²) in [7, 11) is 0. The van der Waals surface area contributed by atoms with Gasteiger partial charge < -0.3 is 9.47 Å². The van der Waals surface area contributed by atoms with Crippen LogP contribution in [0.15, 0.2) is 0 Å². The quantitative estimate of drug-likeness (QED) is 0.122. The molecule has 0 bridgehead atoms. The molecule has 0 aromatic carbocycles. The van der Waals surface area contributed by atoms with Gasteiger partial charge in [0.2, 0.25) is 0 Å². The van der Waals surface area contributed by atoms with Crippen molar-refractivity contribution in [1.29, 1.82) is 0 Å². The first-order valence-electron chi connectivity index (χ1n) is 13.6. The fraction of sp³-hybridized carbons (Fsp3) is 0.929. The van der Waals surface area contributed by atoms with Crippen molar-refractivity contribution in [1.82, 2.24) is 0 Å². The maximum absolute atomic E-state index is 11.9. The lowest BCUT2D eigenvalue weighted by atomic mass is 10.0. The molecule has 0 rings (SSSR count). The third-order valence-corrected chi connectivity index (χ3v) is 5.81.